The van der Waals surface area contributed by atoms with Crippen LogP contribution in [0.2, 0.25) is 0 Å². The minimum atomic E-state index is -4.49. The van der Waals surface area contributed by atoms with Crippen LogP contribution in [-0.2, 0) is 6.18 Å². The van der Waals surface area contributed by atoms with Gasteiger partial charge in [-0.1, -0.05) is 0 Å². The van der Waals surface area contributed by atoms with Crippen molar-refractivity contribution in [3.05, 3.63) is 29.3 Å². The predicted molar refractivity (Wildman–Crippen MR) is 81.8 cm³/mol. The van der Waals surface area contributed by atoms with Crippen LogP contribution in [0, 0.1) is 0 Å². The van der Waals surface area contributed by atoms with E-state index in [1.165, 1.54) is 0 Å². The van der Waals surface area contributed by atoms with Crippen LogP contribution >= 0.6 is 23.5 Å². The van der Waals surface area contributed by atoms with Gasteiger partial charge in [-0.2, -0.15) is 36.7 Å². The largest absolute Gasteiger partial charge is 0.416 e. The molecule has 1 aromatic carbocycles. The second kappa shape index (κ2) is 6.83. The van der Waals surface area contributed by atoms with Gasteiger partial charge in [-0.15, -0.1) is 0 Å². The Morgan fingerprint density at radius 1 is 1.38 bits per heavy atom. The Labute approximate surface area is 129 Å². The molecule has 1 saturated heterocycles. The fourth-order valence-corrected chi connectivity index (χ4v) is 4.50. The lowest BCUT2D eigenvalue weighted by molar-refractivity contribution is -0.137. The molecule has 3 N–H and O–H groups in total. The number of nitrogen functional groups attached to an aromatic ring is 1. The Balaban J connectivity index is 2.04. The second-order valence-electron chi connectivity index (χ2n) is 4.58. The molecule has 0 aliphatic carbocycles. The van der Waals surface area contributed by atoms with Crippen molar-refractivity contribution in [1.29, 1.82) is 0 Å². The zero-order chi connectivity index (χ0) is 15.5. The summed E-state index contributed by atoms with van der Waals surface area (Å²) in [6, 6.07) is 2.79. The van der Waals surface area contributed by atoms with Crippen LogP contribution in [0.5, 0.6) is 0 Å². The predicted octanol–water partition coefficient (Wildman–Crippen LogP) is 2.87. The number of hydrogen-bond donors (Lipinski definition) is 2. The lowest BCUT2D eigenvalue weighted by atomic mass is 10.1. The maximum atomic E-state index is 12.7. The number of anilines is 1. The van der Waals surface area contributed by atoms with Crippen molar-refractivity contribution in [3.63, 3.8) is 0 Å². The van der Waals surface area contributed by atoms with E-state index in [-0.39, 0.29) is 11.3 Å². The Kier molecular flexibility index (Phi) is 5.32. The number of alkyl halides is 3. The molecule has 1 heterocycles. The first kappa shape index (κ1) is 16.4. The molecule has 116 valence electrons. The van der Waals surface area contributed by atoms with Gasteiger partial charge in [0.15, 0.2) is 0 Å². The van der Waals surface area contributed by atoms with Gasteiger partial charge in [0.25, 0.3) is 5.91 Å². The van der Waals surface area contributed by atoms with Crippen molar-refractivity contribution in [3.8, 4) is 0 Å². The average Bonchev–Trinajstić information content (AvgIpc) is 2.45. The number of nitrogens with two attached hydrogens (primary N) is 1. The third kappa shape index (κ3) is 4.47. The zero-order valence-electron chi connectivity index (χ0n) is 11.1. The third-order valence-corrected chi connectivity index (χ3v) is 5.85. The van der Waals surface area contributed by atoms with Crippen LogP contribution in [0.15, 0.2) is 18.2 Å². The highest BCUT2D eigenvalue weighted by Crippen LogP contribution is 2.31. The average molecular weight is 336 g/mol. The van der Waals surface area contributed by atoms with Crippen LogP contribution < -0.4 is 11.1 Å². The van der Waals surface area contributed by atoms with E-state index in [0.29, 0.717) is 11.8 Å². The molecule has 0 saturated carbocycles. The van der Waals surface area contributed by atoms with Gasteiger partial charge in [-0.05, 0) is 18.2 Å². The maximum absolute atomic E-state index is 12.7. The van der Waals surface area contributed by atoms with Crippen molar-refractivity contribution < 1.29 is 18.0 Å². The summed E-state index contributed by atoms with van der Waals surface area (Å²) in [5.41, 5.74) is 4.65. The van der Waals surface area contributed by atoms with E-state index in [4.69, 9.17) is 5.73 Å². The highest BCUT2D eigenvalue weighted by Gasteiger charge is 2.31. The van der Waals surface area contributed by atoms with Crippen LogP contribution in [0.25, 0.3) is 0 Å². The highest BCUT2D eigenvalue weighted by atomic mass is 32.2. The standard InChI is InChI=1S/C13H15F3N2OS2/c14-13(15,16)8-1-2-11(17)10(5-8)12(19)18-6-9-7-20-3-4-21-9/h1-2,5,9H,3-4,6-7,17H2,(H,18,19). The number of carbonyl (C=O) groups excluding carboxylic acids is 1. The SMILES string of the molecule is Nc1ccc(C(F)(F)F)cc1C(=O)NCC1CSCCS1. The summed E-state index contributed by atoms with van der Waals surface area (Å²) in [7, 11) is 0. The second-order valence-corrected chi connectivity index (χ2v) is 7.14. The topological polar surface area (TPSA) is 55.1 Å². The summed E-state index contributed by atoms with van der Waals surface area (Å²) in [5, 5.41) is 2.96. The zero-order valence-corrected chi connectivity index (χ0v) is 12.7. The number of halogens is 3. The summed E-state index contributed by atoms with van der Waals surface area (Å²) in [6.07, 6.45) is -4.49. The molecule has 0 bridgehead atoms. The molecule has 1 fully saturated rings. The van der Waals surface area contributed by atoms with Gasteiger partial charge in [0.1, 0.15) is 0 Å². The Morgan fingerprint density at radius 3 is 2.76 bits per heavy atom. The molecule has 1 aromatic rings. The van der Waals surface area contributed by atoms with Crippen molar-refractivity contribution in [1.82, 2.24) is 5.32 Å². The summed E-state index contributed by atoms with van der Waals surface area (Å²) >= 11 is 3.58. The quantitative estimate of drug-likeness (QED) is 0.834. The number of carbonyl (C=O) groups is 1. The van der Waals surface area contributed by atoms with E-state index in [1.807, 2.05) is 11.8 Å². The fourth-order valence-electron chi connectivity index (χ4n) is 1.89. The first-order chi connectivity index (χ1) is 9.88. The molecule has 1 unspecified atom stereocenters. The smallest absolute Gasteiger partial charge is 0.398 e. The third-order valence-electron chi connectivity index (χ3n) is 3.00. The molecule has 0 spiro atoms. The molecule has 1 aliphatic heterocycles. The summed E-state index contributed by atoms with van der Waals surface area (Å²) in [5.74, 6) is 2.49. The van der Waals surface area contributed by atoms with Crippen molar-refractivity contribution in [2.45, 2.75) is 11.4 Å². The molecule has 21 heavy (non-hydrogen) atoms. The van der Waals surface area contributed by atoms with Crippen LogP contribution in [-0.4, -0.2) is 35.0 Å². The summed E-state index contributed by atoms with van der Waals surface area (Å²) in [6.45, 7) is 0.437. The van der Waals surface area contributed by atoms with E-state index in [9.17, 15) is 18.0 Å². The number of rotatable bonds is 3. The van der Waals surface area contributed by atoms with Gasteiger partial charge >= 0.3 is 6.18 Å². The first-order valence-corrected chi connectivity index (χ1v) is 8.52. The van der Waals surface area contributed by atoms with Crippen molar-refractivity contribution in [2.75, 3.05) is 29.5 Å². The van der Waals surface area contributed by atoms with Crippen LogP contribution in [0.4, 0.5) is 18.9 Å². The van der Waals surface area contributed by atoms with Crippen LogP contribution in [0.1, 0.15) is 15.9 Å². The number of benzene rings is 1. The minimum Gasteiger partial charge on any atom is -0.398 e. The lowest BCUT2D eigenvalue weighted by Gasteiger charge is -2.21. The summed E-state index contributed by atoms with van der Waals surface area (Å²) < 4.78 is 38.0. The molecule has 1 atom stereocenters. The number of hydrogen-bond acceptors (Lipinski definition) is 4. The van der Waals surface area contributed by atoms with Gasteiger partial charge in [0, 0.05) is 34.7 Å². The highest BCUT2D eigenvalue weighted by molar-refractivity contribution is 8.06. The van der Waals surface area contributed by atoms with Crippen molar-refractivity contribution >= 4 is 35.1 Å². The van der Waals surface area contributed by atoms with E-state index >= 15 is 0 Å². The molecule has 1 amide bonds. The van der Waals surface area contributed by atoms with E-state index in [2.05, 4.69) is 5.32 Å². The van der Waals surface area contributed by atoms with Gasteiger partial charge in [-0.3, -0.25) is 4.79 Å². The van der Waals surface area contributed by atoms with Gasteiger partial charge < -0.3 is 11.1 Å². The molecular weight excluding hydrogens is 321 g/mol. The molecule has 0 radical (unpaired) electrons. The van der Waals surface area contributed by atoms with E-state index < -0.39 is 17.6 Å². The van der Waals surface area contributed by atoms with Gasteiger partial charge in [0.2, 0.25) is 0 Å². The molecule has 8 heteroatoms. The Morgan fingerprint density at radius 2 is 2.14 bits per heavy atom. The molecule has 3 nitrogen and oxygen atoms in total. The number of nitrogens with one attached hydrogen (secondary N) is 1. The minimum absolute atomic E-state index is 0.0474. The monoisotopic (exact) mass is 336 g/mol. The Hall–Kier alpha value is -1.02. The lowest BCUT2D eigenvalue weighted by Crippen LogP contribution is -2.33. The van der Waals surface area contributed by atoms with Crippen molar-refractivity contribution in [2.24, 2.45) is 0 Å². The van der Waals surface area contributed by atoms with E-state index in [1.54, 1.807) is 11.8 Å². The van der Waals surface area contributed by atoms with E-state index in [0.717, 1.165) is 35.5 Å². The van der Waals surface area contributed by atoms with Crippen LogP contribution in [0.3, 0.4) is 0 Å². The maximum Gasteiger partial charge on any atom is 0.416 e. The Bertz CT molecular complexity index is 517. The first-order valence-electron chi connectivity index (χ1n) is 6.32. The number of thioether (sulfide) groups is 2. The molecule has 0 aromatic heterocycles. The molecule has 2 rings (SSSR count). The molecule has 1 aliphatic rings. The van der Waals surface area contributed by atoms with Gasteiger partial charge in [-0.25, -0.2) is 0 Å². The molecular formula is C13H15F3N2OS2. The normalized spacial score (nSPS) is 19.3. The number of amides is 1. The fraction of sp³-hybridized carbons (Fsp3) is 0.462. The summed E-state index contributed by atoms with van der Waals surface area (Å²) in [4.78, 5) is 12.0. The van der Waals surface area contributed by atoms with Gasteiger partial charge in [0.05, 0.1) is 11.1 Å².